The summed E-state index contributed by atoms with van der Waals surface area (Å²) in [7, 11) is 6.49. The average Bonchev–Trinajstić information content (AvgIpc) is 2.39. The van der Waals surface area contributed by atoms with Crippen LogP contribution in [0.5, 0.6) is 5.75 Å². The van der Waals surface area contributed by atoms with Crippen LogP contribution in [0.15, 0.2) is 23.2 Å². The summed E-state index contributed by atoms with van der Waals surface area (Å²) in [6, 6.07) is 5.80. The number of nitrogens with zero attached hydrogens (tertiary/aromatic N) is 2. The zero-order chi connectivity index (χ0) is 15.7. The average molecular weight is 291 g/mol. The highest BCUT2D eigenvalue weighted by Gasteiger charge is 2.10. The summed E-state index contributed by atoms with van der Waals surface area (Å²) < 4.78 is 0.874. The molecule has 1 rings (SSSR count). The lowest BCUT2D eigenvalue weighted by molar-refractivity contribution is -0.884. The molecular weight excluding hydrogens is 260 g/mol. The Kier molecular flexibility index (Phi) is 7.44. The normalized spacial score (nSPS) is 12.2. The summed E-state index contributed by atoms with van der Waals surface area (Å²) in [5, 5.41) is 9.91. The third kappa shape index (κ3) is 7.86. The summed E-state index contributed by atoms with van der Waals surface area (Å²) in [4.78, 5) is 4.45. The molecule has 1 aromatic rings. The Hall–Kier alpha value is -1.35. The molecule has 0 radical (unpaired) electrons. The summed E-state index contributed by atoms with van der Waals surface area (Å²) >= 11 is 0. The minimum atomic E-state index is 0.315. The van der Waals surface area contributed by atoms with Crippen molar-refractivity contribution in [1.29, 1.82) is 0 Å². The molecular formula is C18H31N2O+. The fraction of sp³-hybridized carbons (Fsp3) is 0.611. The van der Waals surface area contributed by atoms with E-state index in [1.807, 2.05) is 18.3 Å². The van der Waals surface area contributed by atoms with E-state index in [2.05, 4.69) is 33.1 Å². The van der Waals surface area contributed by atoms with Gasteiger partial charge in [0.25, 0.3) is 0 Å². The van der Waals surface area contributed by atoms with Crippen LogP contribution in [0.2, 0.25) is 0 Å². The van der Waals surface area contributed by atoms with Crippen LogP contribution in [0, 0.1) is 0 Å². The maximum absolute atomic E-state index is 9.91. The summed E-state index contributed by atoms with van der Waals surface area (Å²) in [5.74, 6) is 0.315. The molecule has 0 fully saturated rings. The molecule has 0 aliphatic heterocycles. The first kappa shape index (κ1) is 17.7. The first-order valence-electron chi connectivity index (χ1n) is 8.04. The Bertz CT molecular complexity index is 447. The predicted octanol–water partition coefficient (Wildman–Crippen LogP) is 3.99. The van der Waals surface area contributed by atoms with Crippen LogP contribution in [0.1, 0.15) is 50.2 Å². The van der Waals surface area contributed by atoms with E-state index in [4.69, 9.17) is 0 Å². The second kappa shape index (κ2) is 8.83. The number of quaternary nitrogens is 1. The van der Waals surface area contributed by atoms with Gasteiger partial charge in [-0.3, -0.25) is 4.99 Å². The zero-order valence-corrected chi connectivity index (χ0v) is 14.1. The van der Waals surface area contributed by atoms with Crippen LogP contribution in [-0.4, -0.2) is 43.5 Å². The van der Waals surface area contributed by atoms with Crippen LogP contribution in [0.25, 0.3) is 0 Å². The van der Waals surface area contributed by atoms with Crippen molar-refractivity contribution in [2.45, 2.75) is 45.6 Å². The lowest BCUT2D eigenvalue weighted by atomic mass is 10.1. The van der Waals surface area contributed by atoms with Crippen molar-refractivity contribution in [3.05, 3.63) is 29.3 Å². The van der Waals surface area contributed by atoms with E-state index in [0.717, 1.165) is 29.6 Å². The molecule has 1 aromatic carbocycles. The van der Waals surface area contributed by atoms with Gasteiger partial charge >= 0.3 is 0 Å². The molecule has 0 bridgehead atoms. The molecule has 0 unspecified atom stereocenters. The molecule has 0 aromatic heterocycles. The molecule has 0 amide bonds. The van der Waals surface area contributed by atoms with Crippen LogP contribution < -0.4 is 0 Å². The lowest BCUT2D eigenvalue weighted by Gasteiger charge is -2.24. The number of phenols is 1. The first-order chi connectivity index (χ1) is 9.92. The third-order valence-electron chi connectivity index (χ3n) is 3.37. The number of hydrogen-bond donors (Lipinski definition) is 1. The van der Waals surface area contributed by atoms with Gasteiger partial charge in [-0.1, -0.05) is 32.6 Å². The van der Waals surface area contributed by atoms with Crippen molar-refractivity contribution in [2.75, 3.05) is 27.7 Å². The van der Waals surface area contributed by atoms with Crippen molar-refractivity contribution in [3.63, 3.8) is 0 Å². The van der Waals surface area contributed by atoms with E-state index >= 15 is 0 Å². The topological polar surface area (TPSA) is 32.6 Å². The number of rotatable bonds is 9. The molecule has 0 spiro atoms. The van der Waals surface area contributed by atoms with Crippen LogP contribution in [0.3, 0.4) is 0 Å². The van der Waals surface area contributed by atoms with Crippen molar-refractivity contribution < 1.29 is 9.59 Å². The van der Waals surface area contributed by atoms with Gasteiger partial charge in [0.15, 0.2) is 0 Å². The van der Waals surface area contributed by atoms with E-state index in [1.165, 1.54) is 31.2 Å². The predicted molar refractivity (Wildman–Crippen MR) is 91.1 cm³/mol. The van der Waals surface area contributed by atoms with E-state index in [1.54, 1.807) is 6.07 Å². The zero-order valence-electron chi connectivity index (χ0n) is 14.1. The van der Waals surface area contributed by atoms with E-state index in [9.17, 15) is 5.11 Å². The maximum Gasteiger partial charge on any atom is 0.124 e. The smallest absolute Gasteiger partial charge is 0.124 e. The first-order valence-corrected chi connectivity index (χ1v) is 8.04. The molecule has 1 N–H and O–H groups in total. The fourth-order valence-electron chi connectivity index (χ4n) is 2.32. The van der Waals surface area contributed by atoms with Gasteiger partial charge in [0.2, 0.25) is 0 Å². The number of unbranched alkanes of at least 4 members (excludes halogenated alkanes) is 4. The van der Waals surface area contributed by atoms with Crippen LogP contribution >= 0.6 is 0 Å². The van der Waals surface area contributed by atoms with E-state index in [-0.39, 0.29) is 0 Å². The third-order valence-corrected chi connectivity index (χ3v) is 3.37. The highest BCUT2D eigenvalue weighted by atomic mass is 16.3. The summed E-state index contributed by atoms with van der Waals surface area (Å²) in [6.07, 6.45) is 8.09. The lowest BCUT2D eigenvalue weighted by Crippen LogP contribution is -2.33. The van der Waals surface area contributed by atoms with Gasteiger partial charge in [0.1, 0.15) is 12.3 Å². The Labute approximate surface area is 129 Å². The molecule has 3 nitrogen and oxygen atoms in total. The van der Waals surface area contributed by atoms with E-state index < -0.39 is 0 Å². The van der Waals surface area contributed by atoms with Gasteiger partial charge in [-0.15, -0.1) is 0 Å². The number of benzene rings is 1. The van der Waals surface area contributed by atoms with Gasteiger partial charge in [0.05, 0.1) is 21.1 Å². The number of aliphatic imine (C=N–C) groups is 1. The summed E-state index contributed by atoms with van der Waals surface area (Å²) in [5.41, 5.74) is 2.05. The second-order valence-electron chi connectivity index (χ2n) is 6.79. The van der Waals surface area contributed by atoms with Gasteiger partial charge < -0.3 is 9.59 Å². The molecule has 0 aliphatic rings. The van der Waals surface area contributed by atoms with Crippen LogP contribution in [0.4, 0.5) is 0 Å². The minimum absolute atomic E-state index is 0.315. The maximum atomic E-state index is 9.91. The minimum Gasteiger partial charge on any atom is -0.507 e. The van der Waals surface area contributed by atoms with Gasteiger partial charge in [-0.05, 0) is 24.6 Å². The Morgan fingerprint density at radius 1 is 1.10 bits per heavy atom. The highest BCUT2D eigenvalue weighted by Crippen LogP contribution is 2.18. The number of hydrogen-bond acceptors (Lipinski definition) is 2. The van der Waals surface area contributed by atoms with Crippen molar-refractivity contribution in [3.8, 4) is 5.75 Å². The molecule has 0 saturated heterocycles. The van der Waals surface area contributed by atoms with E-state index in [0.29, 0.717) is 5.75 Å². The van der Waals surface area contributed by atoms with Gasteiger partial charge in [-0.25, -0.2) is 0 Å². The molecule has 21 heavy (non-hydrogen) atoms. The standard InChI is InChI=1S/C18H30N2O/c1-5-6-7-8-9-12-19-14-17-13-16(10-11-18(17)21)15-20(2,3)4/h10-11,13-14H,5-9,12,15H2,1-4H3/p+1. The Balaban J connectivity index is 2.51. The molecule has 0 atom stereocenters. The van der Waals surface area contributed by atoms with Gasteiger partial charge in [-0.2, -0.15) is 0 Å². The molecule has 0 saturated carbocycles. The number of aromatic hydroxyl groups is 1. The molecule has 3 heteroatoms. The van der Waals surface area contributed by atoms with Crippen molar-refractivity contribution in [2.24, 2.45) is 4.99 Å². The molecule has 0 heterocycles. The molecule has 118 valence electrons. The van der Waals surface area contributed by atoms with Crippen molar-refractivity contribution in [1.82, 2.24) is 0 Å². The van der Waals surface area contributed by atoms with Crippen molar-refractivity contribution >= 4 is 6.21 Å². The SMILES string of the molecule is CCCCCCCN=Cc1cc(C[N+](C)(C)C)ccc1O. The summed E-state index contributed by atoms with van der Waals surface area (Å²) in [6.45, 7) is 4.02. The highest BCUT2D eigenvalue weighted by molar-refractivity contribution is 5.83. The monoisotopic (exact) mass is 291 g/mol. The Morgan fingerprint density at radius 2 is 1.81 bits per heavy atom. The quantitative estimate of drug-likeness (QED) is 0.416. The largest absolute Gasteiger partial charge is 0.507 e. The van der Waals surface area contributed by atoms with Gasteiger partial charge in [0, 0.05) is 23.9 Å². The Morgan fingerprint density at radius 3 is 2.48 bits per heavy atom. The second-order valence-corrected chi connectivity index (χ2v) is 6.79. The van der Waals surface area contributed by atoms with Crippen LogP contribution in [-0.2, 0) is 6.54 Å². The number of phenolic OH excluding ortho intramolecular Hbond substituents is 1. The molecule has 0 aliphatic carbocycles. The fourth-order valence-corrected chi connectivity index (χ4v) is 2.32.